The first-order valence-corrected chi connectivity index (χ1v) is 7.56. The first-order chi connectivity index (χ1) is 10.2. The van der Waals surface area contributed by atoms with Gasteiger partial charge in [0.2, 0.25) is 5.91 Å². The van der Waals surface area contributed by atoms with Crippen molar-refractivity contribution in [1.82, 2.24) is 10.2 Å². The summed E-state index contributed by atoms with van der Waals surface area (Å²) >= 11 is 0. The van der Waals surface area contributed by atoms with Crippen molar-refractivity contribution >= 4 is 30.7 Å². The quantitative estimate of drug-likeness (QED) is 0.807. The average molecular weight is 364 g/mol. The van der Waals surface area contributed by atoms with Gasteiger partial charge in [-0.2, -0.15) is 0 Å². The van der Waals surface area contributed by atoms with Crippen LogP contribution in [0.2, 0.25) is 0 Å². The predicted octanol–water partition coefficient (Wildman–Crippen LogP) is 1.76. The molecule has 2 atom stereocenters. The number of amides is 1. The number of rotatable bonds is 6. The highest BCUT2D eigenvalue weighted by Crippen LogP contribution is 2.13. The van der Waals surface area contributed by atoms with E-state index in [0.717, 1.165) is 31.9 Å². The molecule has 1 aromatic carbocycles. The van der Waals surface area contributed by atoms with E-state index in [0.29, 0.717) is 19.0 Å². The zero-order chi connectivity index (χ0) is 15.1. The number of carbonyl (C=O) groups is 1. The molecular weight excluding hydrogens is 337 g/mol. The molecule has 2 rings (SSSR count). The molecule has 5 nitrogen and oxygen atoms in total. The van der Waals surface area contributed by atoms with E-state index in [2.05, 4.69) is 17.1 Å². The molecule has 0 saturated carbocycles. The topological polar surface area (TPSA) is 67.6 Å². The minimum absolute atomic E-state index is 0. The average Bonchev–Trinajstić information content (AvgIpc) is 2.54. The molecule has 7 heteroatoms. The van der Waals surface area contributed by atoms with Crippen molar-refractivity contribution in [1.29, 1.82) is 0 Å². The Morgan fingerprint density at radius 2 is 1.87 bits per heavy atom. The maximum atomic E-state index is 12.0. The van der Waals surface area contributed by atoms with Crippen LogP contribution in [0, 0.1) is 0 Å². The molecule has 1 aliphatic heterocycles. The Balaban J connectivity index is 0.00000242. The summed E-state index contributed by atoms with van der Waals surface area (Å²) in [5.41, 5.74) is 7.05. The van der Waals surface area contributed by atoms with Crippen LogP contribution in [-0.4, -0.2) is 49.7 Å². The van der Waals surface area contributed by atoms with Crippen LogP contribution in [0.1, 0.15) is 24.9 Å². The number of hydrogen-bond donors (Lipinski definition) is 2. The Hall–Kier alpha value is -0.850. The van der Waals surface area contributed by atoms with Crippen LogP contribution in [-0.2, 0) is 9.53 Å². The normalized spacial score (nSPS) is 17.3. The molecule has 1 heterocycles. The fourth-order valence-corrected chi connectivity index (χ4v) is 2.50. The monoisotopic (exact) mass is 363 g/mol. The summed E-state index contributed by atoms with van der Waals surface area (Å²) < 4.78 is 5.33. The number of hydrogen-bond acceptors (Lipinski definition) is 4. The molecule has 1 aliphatic rings. The highest BCUT2D eigenvalue weighted by atomic mass is 35.5. The molecule has 1 amide bonds. The van der Waals surface area contributed by atoms with E-state index in [4.69, 9.17) is 10.5 Å². The van der Waals surface area contributed by atoms with Crippen LogP contribution in [0.5, 0.6) is 0 Å². The summed E-state index contributed by atoms with van der Waals surface area (Å²) in [4.78, 5) is 14.3. The maximum absolute atomic E-state index is 12.0. The van der Waals surface area contributed by atoms with Crippen LogP contribution < -0.4 is 11.1 Å². The highest BCUT2D eigenvalue weighted by Gasteiger charge is 2.18. The zero-order valence-electron chi connectivity index (χ0n) is 13.4. The molecule has 2 unspecified atom stereocenters. The van der Waals surface area contributed by atoms with Crippen molar-refractivity contribution in [3.8, 4) is 0 Å². The molecule has 0 aliphatic carbocycles. The number of carbonyl (C=O) groups excluding carboxylic acids is 1. The molecule has 0 spiro atoms. The lowest BCUT2D eigenvalue weighted by molar-refractivity contribution is -0.121. The van der Waals surface area contributed by atoms with Gasteiger partial charge in [0.1, 0.15) is 0 Å². The molecule has 0 bridgehead atoms. The van der Waals surface area contributed by atoms with Crippen LogP contribution >= 0.6 is 24.8 Å². The van der Waals surface area contributed by atoms with Gasteiger partial charge in [0, 0.05) is 38.1 Å². The van der Waals surface area contributed by atoms with Crippen LogP contribution in [0.3, 0.4) is 0 Å². The number of nitrogens with two attached hydrogens (primary N) is 1. The van der Waals surface area contributed by atoms with Crippen molar-refractivity contribution in [2.24, 2.45) is 5.73 Å². The van der Waals surface area contributed by atoms with E-state index in [9.17, 15) is 4.79 Å². The molecule has 0 aromatic heterocycles. The van der Waals surface area contributed by atoms with Gasteiger partial charge in [-0.25, -0.2) is 0 Å². The third kappa shape index (κ3) is 7.50. The largest absolute Gasteiger partial charge is 0.379 e. The Kier molecular flexibility index (Phi) is 11.2. The van der Waals surface area contributed by atoms with Gasteiger partial charge >= 0.3 is 0 Å². The van der Waals surface area contributed by atoms with E-state index in [1.165, 1.54) is 0 Å². The van der Waals surface area contributed by atoms with E-state index >= 15 is 0 Å². The Morgan fingerprint density at radius 3 is 2.48 bits per heavy atom. The van der Waals surface area contributed by atoms with Crippen molar-refractivity contribution in [2.75, 3.05) is 32.8 Å². The Labute approximate surface area is 150 Å². The lowest BCUT2D eigenvalue weighted by atomic mass is 10.0. The van der Waals surface area contributed by atoms with Gasteiger partial charge in [-0.15, -0.1) is 24.8 Å². The van der Waals surface area contributed by atoms with Crippen molar-refractivity contribution in [3.05, 3.63) is 35.9 Å². The van der Waals surface area contributed by atoms with Gasteiger partial charge in [-0.1, -0.05) is 30.3 Å². The minimum Gasteiger partial charge on any atom is -0.379 e. The van der Waals surface area contributed by atoms with E-state index in [-0.39, 0.29) is 36.8 Å². The molecular formula is C16H27Cl2N3O2. The molecule has 3 N–H and O–H groups in total. The number of nitrogens with one attached hydrogen (secondary N) is 1. The number of nitrogens with zero attached hydrogens (tertiary/aromatic N) is 1. The molecule has 1 saturated heterocycles. The standard InChI is InChI=1S/C16H25N3O2.2ClH/c1-13(19-7-9-21-10-8-19)12-18-16(20)11-15(17)14-5-3-2-4-6-14;;/h2-6,13,15H,7-12,17H2,1H3,(H,18,20);2*1H. The second-order valence-corrected chi connectivity index (χ2v) is 5.52. The van der Waals surface area contributed by atoms with E-state index in [1.54, 1.807) is 0 Å². The van der Waals surface area contributed by atoms with E-state index in [1.807, 2.05) is 30.3 Å². The number of halogens is 2. The molecule has 23 heavy (non-hydrogen) atoms. The summed E-state index contributed by atoms with van der Waals surface area (Å²) in [6.07, 6.45) is 0.319. The van der Waals surface area contributed by atoms with Crippen LogP contribution in [0.15, 0.2) is 30.3 Å². The maximum Gasteiger partial charge on any atom is 0.221 e. The SMILES string of the molecule is CC(CNC(=O)CC(N)c1ccccc1)N1CCOCC1.Cl.Cl. The summed E-state index contributed by atoms with van der Waals surface area (Å²) in [6, 6.07) is 9.81. The molecule has 1 aromatic rings. The zero-order valence-corrected chi connectivity index (χ0v) is 15.1. The smallest absolute Gasteiger partial charge is 0.221 e. The second-order valence-electron chi connectivity index (χ2n) is 5.52. The summed E-state index contributed by atoms with van der Waals surface area (Å²) in [5.74, 6) is 0.00598. The van der Waals surface area contributed by atoms with Crippen molar-refractivity contribution < 1.29 is 9.53 Å². The van der Waals surface area contributed by atoms with Gasteiger partial charge < -0.3 is 15.8 Å². The van der Waals surface area contributed by atoms with Crippen LogP contribution in [0.4, 0.5) is 0 Å². The minimum atomic E-state index is -0.245. The fourth-order valence-electron chi connectivity index (χ4n) is 2.50. The van der Waals surface area contributed by atoms with Crippen molar-refractivity contribution in [2.45, 2.75) is 25.4 Å². The van der Waals surface area contributed by atoms with E-state index < -0.39 is 0 Å². The first-order valence-electron chi connectivity index (χ1n) is 7.56. The molecule has 0 radical (unpaired) electrons. The first kappa shape index (κ1) is 22.1. The highest BCUT2D eigenvalue weighted by molar-refractivity contribution is 5.85. The lowest BCUT2D eigenvalue weighted by Crippen LogP contribution is -2.47. The van der Waals surface area contributed by atoms with Crippen LogP contribution in [0.25, 0.3) is 0 Å². The number of benzene rings is 1. The number of ether oxygens (including phenoxy) is 1. The third-order valence-corrected chi connectivity index (χ3v) is 3.90. The second kappa shape index (κ2) is 11.6. The lowest BCUT2D eigenvalue weighted by Gasteiger charge is -2.32. The van der Waals surface area contributed by atoms with Gasteiger partial charge in [-0.05, 0) is 12.5 Å². The molecule has 1 fully saturated rings. The Bertz CT molecular complexity index is 442. The van der Waals surface area contributed by atoms with Gasteiger partial charge in [0.25, 0.3) is 0 Å². The summed E-state index contributed by atoms with van der Waals surface area (Å²) in [6.45, 7) is 6.19. The van der Waals surface area contributed by atoms with Gasteiger partial charge in [-0.3, -0.25) is 9.69 Å². The fraction of sp³-hybridized carbons (Fsp3) is 0.562. The summed E-state index contributed by atoms with van der Waals surface area (Å²) in [7, 11) is 0. The van der Waals surface area contributed by atoms with Gasteiger partial charge in [0.05, 0.1) is 13.2 Å². The molecule has 132 valence electrons. The van der Waals surface area contributed by atoms with Gasteiger partial charge in [0.15, 0.2) is 0 Å². The van der Waals surface area contributed by atoms with Crippen molar-refractivity contribution in [3.63, 3.8) is 0 Å². The predicted molar refractivity (Wildman–Crippen MR) is 97.3 cm³/mol. The Morgan fingerprint density at radius 1 is 1.26 bits per heavy atom. The summed E-state index contributed by atoms with van der Waals surface area (Å²) in [5, 5.41) is 2.98. The third-order valence-electron chi connectivity index (χ3n) is 3.90. The number of morpholine rings is 1.